The van der Waals surface area contributed by atoms with Crippen molar-refractivity contribution in [2.75, 3.05) is 18.4 Å². The van der Waals surface area contributed by atoms with Gasteiger partial charge in [0.15, 0.2) is 0 Å². The third kappa shape index (κ3) is 6.25. The van der Waals surface area contributed by atoms with Gasteiger partial charge in [-0.25, -0.2) is 13.1 Å². The summed E-state index contributed by atoms with van der Waals surface area (Å²) in [4.78, 5) is 20.7. The van der Waals surface area contributed by atoms with Crippen LogP contribution in [-0.2, 0) is 32.7 Å². The maximum Gasteiger partial charge on any atom is 0.264 e. The second-order valence-electron chi connectivity index (χ2n) is 11.6. The molecule has 2 aromatic carbocycles. The molecule has 236 valence electrons. The summed E-state index contributed by atoms with van der Waals surface area (Å²) in [5, 5.41) is 3.88. The number of sulfonamides is 1. The van der Waals surface area contributed by atoms with Gasteiger partial charge < -0.3 is 14.0 Å². The molecule has 0 bridgehead atoms. The Labute approximate surface area is 259 Å². The highest BCUT2D eigenvalue weighted by Crippen LogP contribution is 2.41. The second-order valence-corrected chi connectivity index (χ2v) is 13.2. The minimum absolute atomic E-state index is 0.0594. The Morgan fingerprint density at radius 3 is 2.50 bits per heavy atom. The number of amides is 1. The molecule has 11 heteroatoms. The molecular weight excluding hydrogens is 580 g/mol. The number of nitrogens with one attached hydrogen (secondary N) is 1. The fraction of sp³-hybridized carbons (Fsp3) is 0.485. The number of unbranched alkanes of at least 4 members (excludes halogenated alkanes) is 1. The van der Waals surface area contributed by atoms with E-state index in [1.165, 1.54) is 13.2 Å². The van der Waals surface area contributed by atoms with Crippen LogP contribution in [0.1, 0.15) is 81.2 Å². The molecule has 1 fully saturated rings. The lowest BCUT2D eigenvalue weighted by Gasteiger charge is -2.23. The van der Waals surface area contributed by atoms with E-state index in [-0.39, 0.29) is 23.3 Å². The molecule has 2 aliphatic rings. The van der Waals surface area contributed by atoms with Crippen LogP contribution in [0.3, 0.4) is 0 Å². The average Bonchev–Trinajstić information content (AvgIpc) is 3.69. The molecule has 5 rings (SSSR count). The molecule has 0 saturated heterocycles. The molecule has 1 aliphatic carbocycles. The second kappa shape index (κ2) is 13.1. The number of methoxy groups -OCH3 is 1. The van der Waals surface area contributed by atoms with Crippen LogP contribution in [0, 0.1) is 13.8 Å². The molecule has 1 aliphatic heterocycles. The smallest absolute Gasteiger partial charge is 0.264 e. The number of anilines is 1. The van der Waals surface area contributed by atoms with Crippen LogP contribution in [-0.4, -0.2) is 49.5 Å². The van der Waals surface area contributed by atoms with Crippen molar-refractivity contribution >= 4 is 27.7 Å². The first-order valence-corrected chi connectivity index (χ1v) is 16.8. The quantitative estimate of drug-likeness (QED) is 0.229. The van der Waals surface area contributed by atoms with Gasteiger partial charge in [0.2, 0.25) is 5.88 Å². The number of aromatic nitrogens is 1. The van der Waals surface area contributed by atoms with Gasteiger partial charge in [0, 0.05) is 24.2 Å². The fourth-order valence-electron chi connectivity index (χ4n) is 5.99. The van der Waals surface area contributed by atoms with Crippen molar-refractivity contribution in [1.82, 2.24) is 10.1 Å². The minimum Gasteiger partial charge on any atom is -0.497 e. The highest BCUT2D eigenvalue weighted by molar-refractivity contribution is 7.92. The summed E-state index contributed by atoms with van der Waals surface area (Å²) < 4.78 is 46.6. The lowest BCUT2D eigenvalue weighted by atomic mass is 9.96. The van der Waals surface area contributed by atoms with Crippen LogP contribution >= 0.6 is 0 Å². The van der Waals surface area contributed by atoms with E-state index in [0.29, 0.717) is 41.3 Å². The first kappa shape index (κ1) is 31.7. The van der Waals surface area contributed by atoms with E-state index in [0.717, 1.165) is 61.9 Å². The Morgan fingerprint density at radius 1 is 1.07 bits per heavy atom. The first-order valence-electron chi connectivity index (χ1n) is 15.4. The molecule has 44 heavy (non-hydrogen) atoms. The number of nitrogens with zero attached hydrogens (tertiary/aromatic N) is 3. The maximum atomic E-state index is 13.7. The lowest BCUT2D eigenvalue weighted by Crippen LogP contribution is -2.40. The highest BCUT2D eigenvalue weighted by Gasteiger charge is 2.49. The highest BCUT2D eigenvalue weighted by atomic mass is 32.2. The predicted molar refractivity (Wildman–Crippen MR) is 169 cm³/mol. The zero-order valence-electron chi connectivity index (χ0n) is 26.2. The number of hydrogen-bond donors (Lipinski definition) is 1. The van der Waals surface area contributed by atoms with Gasteiger partial charge in [0.05, 0.1) is 30.9 Å². The van der Waals surface area contributed by atoms with E-state index in [1.54, 1.807) is 26.0 Å². The summed E-state index contributed by atoms with van der Waals surface area (Å²) in [6.07, 6.45) is 6.43. The number of amidine groups is 1. The Kier molecular flexibility index (Phi) is 9.45. The standard InChI is InChI=1S/C33H42N4O6S/c1-6-8-11-30-34-33(16-9-10-17-33)32(38)37(30)20-24-12-14-27(25(18-24)21-42-7-2)28-19-26(41-5)13-15-29(28)44(39,40)36-31-22(3)23(4)35-43-31/h12-15,18-19,36H,6-11,16-17,20-21H2,1-5H3. The molecule has 1 amide bonds. The monoisotopic (exact) mass is 622 g/mol. The van der Waals surface area contributed by atoms with Crippen molar-refractivity contribution in [3.63, 3.8) is 0 Å². The number of aliphatic imine (C=N–C) groups is 1. The van der Waals surface area contributed by atoms with Crippen molar-refractivity contribution in [3.05, 3.63) is 58.8 Å². The van der Waals surface area contributed by atoms with Crippen LogP contribution in [0.15, 0.2) is 50.8 Å². The van der Waals surface area contributed by atoms with Crippen LogP contribution in [0.5, 0.6) is 5.75 Å². The number of aryl methyl sites for hydroxylation is 1. The summed E-state index contributed by atoms with van der Waals surface area (Å²) in [5.74, 6) is 1.56. The molecule has 3 aromatic rings. The number of hydrogen-bond acceptors (Lipinski definition) is 8. The Hall–Kier alpha value is -3.70. The van der Waals surface area contributed by atoms with Crippen molar-refractivity contribution < 1.29 is 27.2 Å². The molecule has 0 atom stereocenters. The summed E-state index contributed by atoms with van der Waals surface area (Å²) >= 11 is 0. The molecule has 2 heterocycles. The SMILES string of the molecule is CCCCC1=NC2(CCCC2)C(=O)N1Cc1ccc(-c2cc(OC)ccc2S(=O)(=O)Nc2onc(C)c2C)c(COCC)c1. The zero-order valence-corrected chi connectivity index (χ0v) is 27.1. The third-order valence-corrected chi connectivity index (χ3v) is 9.99. The largest absolute Gasteiger partial charge is 0.497 e. The van der Waals surface area contributed by atoms with E-state index in [4.69, 9.17) is 19.0 Å². The predicted octanol–water partition coefficient (Wildman–Crippen LogP) is 6.55. The number of ether oxygens (including phenoxy) is 2. The summed E-state index contributed by atoms with van der Waals surface area (Å²) in [6.45, 7) is 8.70. The van der Waals surface area contributed by atoms with Crippen LogP contribution in [0.2, 0.25) is 0 Å². The Bertz CT molecular complexity index is 1660. The van der Waals surface area contributed by atoms with E-state index < -0.39 is 15.6 Å². The summed E-state index contributed by atoms with van der Waals surface area (Å²) in [6, 6.07) is 10.7. The molecule has 1 spiro atoms. The molecule has 1 saturated carbocycles. The van der Waals surface area contributed by atoms with Gasteiger partial charge in [-0.15, -0.1) is 0 Å². The van der Waals surface area contributed by atoms with Gasteiger partial charge >= 0.3 is 0 Å². The minimum atomic E-state index is -4.08. The van der Waals surface area contributed by atoms with Crippen LogP contribution in [0.25, 0.3) is 11.1 Å². The number of carbonyl (C=O) groups excluding carboxylic acids is 1. The summed E-state index contributed by atoms with van der Waals surface area (Å²) in [7, 11) is -2.54. The van der Waals surface area contributed by atoms with E-state index in [2.05, 4.69) is 16.8 Å². The van der Waals surface area contributed by atoms with Gasteiger partial charge in [-0.1, -0.05) is 49.5 Å². The molecule has 1 N–H and O–H groups in total. The maximum absolute atomic E-state index is 13.7. The molecule has 0 radical (unpaired) electrons. The van der Waals surface area contributed by atoms with Crippen molar-refractivity contribution in [2.24, 2.45) is 4.99 Å². The van der Waals surface area contributed by atoms with Gasteiger partial charge in [-0.05, 0) is 74.9 Å². The number of rotatable bonds is 13. The molecule has 0 unspecified atom stereocenters. The van der Waals surface area contributed by atoms with Gasteiger partial charge in [0.25, 0.3) is 15.9 Å². The first-order chi connectivity index (χ1) is 21.1. The van der Waals surface area contributed by atoms with E-state index in [9.17, 15) is 13.2 Å². The van der Waals surface area contributed by atoms with Gasteiger partial charge in [-0.3, -0.25) is 14.7 Å². The van der Waals surface area contributed by atoms with Crippen LogP contribution in [0.4, 0.5) is 5.88 Å². The molecule has 1 aromatic heterocycles. The normalized spacial score (nSPS) is 16.2. The lowest BCUT2D eigenvalue weighted by molar-refractivity contribution is -0.131. The third-order valence-electron chi connectivity index (χ3n) is 8.61. The molecule has 10 nitrogen and oxygen atoms in total. The Balaban J connectivity index is 1.53. The summed E-state index contributed by atoms with van der Waals surface area (Å²) in [5.41, 5.74) is 3.48. The zero-order chi connectivity index (χ0) is 31.5. The average molecular weight is 623 g/mol. The Morgan fingerprint density at radius 2 is 1.84 bits per heavy atom. The van der Waals surface area contributed by atoms with Gasteiger partial charge in [0.1, 0.15) is 17.1 Å². The van der Waals surface area contributed by atoms with E-state index >= 15 is 0 Å². The fourth-order valence-corrected chi connectivity index (χ4v) is 7.24. The van der Waals surface area contributed by atoms with Crippen molar-refractivity contribution in [1.29, 1.82) is 0 Å². The number of carbonyl (C=O) groups is 1. The van der Waals surface area contributed by atoms with Crippen LogP contribution < -0.4 is 9.46 Å². The topological polar surface area (TPSA) is 123 Å². The molecular formula is C33H42N4O6S. The van der Waals surface area contributed by atoms with Crippen molar-refractivity contribution in [3.8, 4) is 16.9 Å². The van der Waals surface area contributed by atoms with Gasteiger partial charge in [-0.2, -0.15) is 0 Å². The van der Waals surface area contributed by atoms with Crippen molar-refractivity contribution in [2.45, 2.75) is 96.2 Å². The van der Waals surface area contributed by atoms with E-state index in [1.807, 2.05) is 30.0 Å². The number of benzene rings is 2.